The zero-order valence-corrected chi connectivity index (χ0v) is 11.9. The highest BCUT2D eigenvalue weighted by Crippen LogP contribution is 2.17. The molecular weight excluding hydrogens is 271 g/mol. The van der Waals surface area contributed by atoms with Crippen molar-refractivity contribution < 1.29 is 18.7 Å². The van der Waals surface area contributed by atoms with Gasteiger partial charge in [0, 0.05) is 11.6 Å². The summed E-state index contributed by atoms with van der Waals surface area (Å²) in [5, 5.41) is 0. The largest absolute Gasteiger partial charge is 0.485 e. The van der Waals surface area contributed by atoms with Crippen molar-refractivity contribution in [1.82, 2.24) is 0 Å². The molecule has 21 heavy (non-hydrogen) atoms. The summed E-state index contributed by atoms with van der Waals surface area (Å²) in [5.41, 5.74) is 1.54. The Bertz CT molecular complexity index is 692. The predicted molar refractivity (Wildman–Crippen MR) is 77.4 cm³/mol. The van der Waals surface area contributed by atoms with Crippen LogP contribution in [0, 0.1) is 12.7 Å². The Kier molecular flexibility index (Phi) is 4.48. The fourth-order valence-corrected chi connectivity index (χ4v) is 1.92. The normalized spacial score (nSPS) is 10.2. The summed E-state index contributed by atoms with van der Waals surface area (Å²) in [4.78, 5) is 23.1. The standard InChI is InChI=1S/C17H15FO3/c1-11-4-3-5-13(8-11)17(20)10-21-14-6-7-15(12(2)19)16(18)9-14/h3-9H,10H2,1-2H3. The van der Waals surface area contributed by atoms with Gasteiger partial charge in [-0.05, 0) is 32.0 Å². The van der Waals surface area contributed by atoms with Crippen LogP contribution in [0.25, 0.3) is 0 Å². The molecule has 0 heterocycles. The fraction of sp³-hybridized carbons (Fsp3) is 0.176. The smallest absolute Gasteiger partial charge is 0.200 e. The molecule has 0 aromatic heterocycles. The lowest BCUT2D eigenvalue weighted by molar-refractivity contribution is 0.0919. The van der Waals surface area contributed by atoms with E-state index in [0.717, 1.165) is 11.6 Å². The van der Waals surface area contributed by atoms with E-state index in [2.05, 4.69) is 0 Å². The first-order chi connectivity index (χ1) is 9.97. The number of aryl methyl sites for hydroxylation is 1. The van der Waals surface area contributed by atoms with E-state index in [1.165, 1.54) is 19.1 Å². The van der Waals surface area contributed by atoms with Gasteiger partial charge in [-0.1, -0.05) is 23.8 Å². The third kappa shape index (κ3) is 3.75. The van der Waals surface area contributed by atoms with Gasteiger partial charge in [-0.25, -0.2) is 4.39 Å². The first kappa shape index (κ1) is 14.9. The summed E-state index contributed by atoms with van der Waals surface area (Å²) in [7, 11) is 0. The molecule has 4 heteroatoms. The van der Waals surface area contributed by atoms with Gasteiger partial charge in [0.15, 0.2) is 18.2 Å². The molecule has 0 radical (unpaired) electrons. The number of carbonyl (C=O) groups is 2. The molecule has 0 spiro atoms. The lowest BCUT2D eigenvalue weighted by atomic mass is 10.1. The molecule has 0 saturated carbocycles. The highest BCUT2D eigenvalue weighted by atomic mass is 19.1. The molecule has 2 aromatic carbocycles. The van der Waals surface area contributed by atoms with Crippen molar-refractivity contribution in [3.05, 3.63) is 65.0 Å². The zero-order valence-electron chi connectivity index (χ0n) is 11.9. The number of rotatable bonds is 5. The Hall–Kier alpha value is -2.49. The zero-order chi connectivity index (χ0) is 15.4. The number of hydrogen-bond donors (Lipinski definition) is 0. The molecular formula is C17H15FO3. The maximum atomic E-state index is 13.6. The second kappa shape index (κ2) is 6.31. The van der Waals surface area contributed by atoms with Crippen LogP contribution in [0.2, 0.25) is 0 Å². The average molecular weight is 286 g/mol. The molecule has 0 aliphatic heterocycles. The molecule has 0 bridgehead atoms. The van der Waals surface area contributed by atoms with Crippen LogP contribution in [-0.2, 0) is 0 Å². The van der Waals surface area contributed by atoms with Gasteiger partial charge in [-0.15, -0.1) is 0 Å². The monoisotopic (exact) mass is 286 g/mol. The van der Waals surface area contributed by atoms with Crippen molar-refractivity contribution in [2.45, 2.75) is 13.8 Å². The molecule has 0 aliphatic rings. The number of benzene rings is 2. The molecule has 108 valence electrons. The van der Waals surface area contributed by atoms with Crippen LogP contribution >= 0.6 is 0 Å². The summed E-state index contributed by atoms with van der Waals surface area (Å²) in [6, 6.07) is 11.1. The summed E-state index contributed by atoms with van der Waals surface area (Å²) in [6.07, 6.45) is 0. The minimum atomic E-state index is -0.650. The molecule has 3 nitrogen and oxygen atoms in total. The van der Waals surface area contributed by atoms with Gasteiger partial charge in [0.1, 0.15) is 11.6 Å². The predicted octanol–water partition coefficient (Wildman–Crippen LogP) is 3.60. The molecule has 0 unspecified atom stereocenters. The molecule has 0 saturated heterocycles. The highest BCUT2D eigenvalue weighted by molar-refractivity contribution is 5.97. The number of hydrogen-bond acceptors (Lipinski definition) is 3. The summed E-state index contributed by atoms with van der Waals surface area (Å²) >= 11 is 0. The second-order valence-electron chi connectivity index (χ2n) is 4.78. The minimum absolute atomic E-state index is 0.00682. The van der Waals surface area contributed by atoms with Crippen LogP contribution in [0.4, 0.5) is 4.39 Å². The van der Waals surface area contributed by atoms with Crippen molar-refractivity contribution in [3.63, 3.8) is 0 Å². The molecule has 2 rings (SSSR count). The van der Waals surface area contributed by atoms with E-state index in [1.54, 1.807) is 18.2 Å². The second-order valence-corrected chi connectivity index (χ2v) is 4.78. The van der Waals surface area contributed by atoms with Gasteiger partial charge < -0.3 is 4.74 Å². The van der Waals surface area contributed by atoms with Gasteiger partial charge in [0.25, 0.3) is 0 Å². The number of ketones is 2. The van der Waals surface area contributed by atoms with Crippen molar-refractivity contribution >= 4 is 11.6 Å². The Morgan fingerprint density at radius 1 is 1.14 bits per heavy atom. The van der Waals surface area contributed by atoms with E-state index in [-0.39, 0.29) is 29.5 Å². The summed E-state index contributed by atoms with van der Waals surface area (Å²) < 4.78 is 18.9. The summed E-state index contributed by atoms with van der Waals surface area (Å²) in [5.74, 6) is -0.967. The lowest BCUT2D eigenvalue weighted by Gasteiger charge is -2.07. The van der Waals surface area contributed by atoms with Crippen molar-refractivity contribution in [3.8, 4) is 5.75 Å². The van der Waals surface area contributed by atoms with E-state index in [4.69, 9.17) is 4.74 Å². The van der Waals surface area contributed by atoms with Crippen LogP contribution in [-0.4, -0.2) is 18.2 Å². The van der Waals surface area contributed by atoms with Crippen LogP contribution < -0.4 is 4.74 Å². The summed E-state index contributed by atoms with van der Waals surface area (Å²) in [6.45, 7) is 3.01. The lowest BCUT2D eigenvalue weighted by Crippen LogP contribution is -2.12. The maximum absolute atomic E-state index is 13.6. The topological polar surface area (TPSA) is 43.4 Å². The number of halogens is 1. The molecule has 2 aromatic rings. The first-order valence-corrected chi connectivity index (χ1v) is 6.50. The molecule has 0 amide bonds. The Morgan fingerprint density at radius 3 is 2.52 bits per heavy atom. The molecule has 0 fully saturated rings. The fourth-order valence-electron chi connectivity index (χ4n) is 1.92. The highest BCUT2D eigenvalue weighted by Gasteiger charge is 2.10. The van der Waals surface area contributed by atoms with E-state index < -0.39 is 5.82 Å². The average Bonchev–Trinajstić information content (AvgIpc) is 2.44. The Labute approximate surface area is 122 Å². The Balaban J connectivity index is 2.05. The molecule has 0 atom stereocenters. The van der Waals surface area contributed by atoms with Gasteiger partial charge in [-0.3, -0.25) is 9.59 Å². The van der Waals surface area contributed by atoms with E-state index in [0.29, 0.717) is 5.56 Å². The SMILES string of the molecule is CC(=O)c1ccc(OCC(=O)c2cccc(C)c2)cc1F. The van der Waals surface area contributed by atoms with Crippen molar-refractivity contribution in [2.24, 2.45) is 0 Å². The third-order valence-corrected chi connectivity index (χ3v) is 3.03. The van der Waals surface area contributed by atoms with Gasteiger partial charge in [-0.2, -0.15) is 0 Å². The van der Waals surface area contributed by atoms with Gasteiger partial charge in [0.2, 0.25) is 0 Å². The number of carbonyl (C=O) groups excluding carboxylic acids is 2. The third-order valence-electron chi connectivity index (χ3n) is 3.03. The van der Waals surface area contributed by atoms with E-state index in [9.17, 15) is 14.0 Å². The molecule has 0 N–H and O–H groups in total. The number of ether oxygens (including phenoxy) is 1. The van der Waals surface area contributed by atoms with E-state index >= 15 is 0 Å². The van der Waals surface area contributed by atoms with Crippen LogP contribution in [0.3, 0.4) is 0 Å². The van der Waals surface area contributed by atoms with Crippen molar-refractivity contribution in [1.29, 1.82) is 0 Å². The first-order valence-electron chi connectivity index (χ1n) is 6.50. The maximum Gasteiger partial charge on any atom is 0.200 e. The molecule has 0 aliphatic carbocycles. The minimum Gasteiger partial charge on any atom is -0.485 e. The Morgan fingerprint density at radius 2 is 1.90 bits per heavy atom. The van der Waals surface area contributed by atoms with Gasteiger partial charge in [0.05, 0.1) is 5.56 Å². The van der Waals surface area contributed by atoms with E-state index in [1.807, 2.05) is 13.0 Å². The van der Waals surface area contributed by atoms with Crippen LogP contribution in [0.5, 0.6) is 5.75 Å². The van der Waals surface area contributed by atoms with Crippen LogP contribution in [0.15, 0.2) is 42.5 Å². The quantitative estimate of drug-likeness (QED) is 0.789. The van der Waals surface area contributed by atoms with Crippen molar-refractivity contribution in [2.75, 3.05) is 6.61 Å². The number of Topliss-reactive ketones (excluding diaryl/α,β-unsaturated/α-hetero) is 2. The van der Waals surface area contributed by atoms with Gasteiger partial charge >= 0.3 is 0 Å². The van der Waals surface area contributed by atoms with Crippen LogP contribution in [0.1, 0.15) is 33.2 Å².